The quantitative estimate of drug-likeness (QED) is 0.416. The van der Waals surface area contributed by atoms with Crippen LogP contribution in [0.15, 0.2) is 65.1 Å². The number of nitrogens with zero attached hydrogens (tertiary/aromatic N) is 1. The number of halogens is 2. The molecule has 146 valence electrons. The molecule has 0 bridgehead atoms. The first-order chi connectivity index (χ1) is 14.0. The van der Waals surface area contributed by atoms with Gasteiger partial charge in [0.15, 0.2) is 12.2 Å². The van der Waals surface area contributed by atoms with Crippen LogP contribution >= 0.6 is 23.2 Å². The Labute approximate surface area is 177 Å². The van der Waals surface area contributed by atoms with E-state index in [-0.39, 0.29) is 12.5 Å². The second kappa shape index (κ2) is 8.15. The maximum atomic E-state index is 12.3. The molecule has 4 rings (SSSR count). The van der Waals surface area contributed by atoms with Crippen LogP contribution < -0.4 is 10.1 Å². The molecule has 1 heterocycles. The minimum Gasteiger partial charge on any atom is -0.484 e. The Balaban J connectivity index is 1.51. The van der Waals surface area contributed by atoms with Gasteiger partial charge in [-0.05, 0) is 67.1 Å². The summed E-state index contributed by atoms with van der Waals surface area (Å²) in [6.45, 7) is 1.78. The zero-order chi connectivity index (χ0) is 20.4. The van der Waals surface area contributed by atoms with Crippen LogP contribution in [0.2, 0.25) is 10.0 Å². The Hall–Kier alpha value is -3.02. The van der Waals surface area contributed by atoms with Crippen molar-refractivity contribution in [3.8, 4) is 17.2 Å². The summed E-state index contributed by atoms with van der Waals surface area (Å²) < 4.78 is 11.3. The van der Waals surface area contributed by atoms with Gasteiger partial charge in [-0.2, -0.15) is 0 Å². The minimum absolute atomic E-state index is 0.118. The van der Waals surface area contributed by atoms with E-state index in [0.717, 1.165) is 11.1 Å². The van der Waals surface area contributed by atoms with Crippen molar-refractivity contribution in [3.63, 3.8) is 0 Å². The molecule has 29 heavy (non-hydrogen) atoms. The monoisotopic (exact) mass is 426 g/mol. The fourth-order valence-corrected chi connectivity index (χ4v) is 3.18. The highest BCUT2D eigenvalue weighted by Crippen LogP contribution is 2.31. The first kappa shape index (κ1) is 19.3. The van der Waals surface area contributed by atoms with Crippen molar-refractivity contribution in [3.05, 3.63) is 76.3 Å². The molecule has 1 aromatic heterocycles. The molecular formula is C22H16Cl2N2O3. The second-order valence-corrected chi connectivity index (χ2v) is 7.27. The highest BCUT2D eigenvalue weighted by molar-refractivity contribution is 6.31. The summed E-state index contributed by atoms with van der Waals surface area (Å²) in [5, 5.41) is 4.06. The van der Waals surface area contributed by atoms with Crippen molar-refractivity contribution in [2.75, 3.05) is 11.9 Å². The zero-order valence-electron chi connectivity index (χ0n) is 15.4. The molecule has 0 aliphatic carbocycles. The second-order valence-electron chi connectivity index (χ2n) is 6.40. The number of nitrogens with one attached hydrogen (secondary N) is 1. The lowest BCUT2D eigenvalue weighted by Crippen LogP contribution is -2.20. The number of benzene rings is 3. The third kappa shape index (κ3) is 4.36. The van der Waals surface area contributed by atoms with Gasteiger partial charge in [0.2, 0.25) is 5.89 Å². The van der Waals surface area contributed by atoms with Crippen LogP contribution in [0.5, 0.6) is 5.75 Å². The number of rotatable bonds is 5. The number of hydrogen-bond acceptors (Lipinski definition) is 4. The van der Waals surface area contributed by atoms with E-state index in [1.165, 1.54) is 0 Å². The van der Waals surface area contributed by atoms with Crippen molar-refractivity contribution in [2.24, 2.45) is 0 Å². The van der Waals surface area contributed by atoms with Crippen LogP contribution in [0.4, 0.5) is 5.69 Å². The van der Waals surface area contributed by atoms with Crippen molar-refractivity contribution in [1.82, 2.24) is 4.98 Å². The maximum Gasteiger partial charge on any atom is 0.262 e. The zero-order valence-corrected chi connectivity index (χ0v) is 16.9. The minimum atomic E-state index is -0.274. The van der Waals surface area contributed by atoms with Gasteiger partial charge in [0.1, 0.15) is 11.3 Å². The van der Waals surface area contributed by atoms with Crippen molar-refractivity contribution in [2.45, 2.75) is 6.92 Å². The third-order valence-electron chi connectivity index (χ3n) is 4.37. The van der Waals surface area contributed by atoms with E-state index in [2.05, 4.69) is 10.3 Å². The van der Waals surface area contributed by atoms with Crippen LogP contribution in [0, 0.1) is 6.92 Å². The number of fused-ring (bicyclic) bond motifs is 1. The van der Waals surface area contributed by atoms with Crippen molar-refractivity contribution >= 4 is 45.9 Å². The molecule has 4 aromatic rings. The van der Waals surface area contributed by atoms with Gasteiger partial charge in [0.25, 0.3) is 5.91 Å². The SMILES string of the molecule is Cc1c(NC(=O)COc2ccc(Cl)cc2)cccc1-c1nc2cc(Cl)ccc2o1. The van der Waals surface area contributed by atoms with Gasteiger partial charge in [-0.1, -0.05) is 29.3 Å². The molecule has 5 nitrogen and oxygen atoms in total. The van der Waals surface area contributed by atoms with Gasteiger partial charge in [-0.25, -0.2) is 4.98 Å². The van der Waals surface area contributed by atoms with Gasteiger partial charge in [-0.15, -0.1) is 0 Å². The summed E-state index contributed by atoms with van der Waals surface area (Å²) in [6, 6.07) is 17.7. The summed E-state index contributed by atoms with van der Waals surface area (Å²) in [6.07, 6.45) is 0. The predicted molar refractivity (Wildman–Crippen MR) is 115 cm³/mol. The highest BCUT2D eigenvalue weighted by Gasteiger charge is 2.14. The molecule has 1 N–H and O–H groups in total. The number of aromatic nitrogens is 1. The normalized spacial score (nSPS) is 10.9. The number of anilines is 1. The van der Waals surface area contributed by atoms with E-state index in [1.807, 2.05) is 25.1 Å². The maximum absolute atomic E-state index is 12.3. The van der Waals surface area contributed by atoms with Crippen LogP contribution in [0.3, 0.4) is 0 Å². The van der Waals surface area contributed by atoms with Crippen molar-refractivity contribution in [1.29, 1.82) is 0 Å². The summed E-state index contributed by atoms with van der Waals surface area (Å²) in [5.74, 6) is 0.762. The van der Waals surface area contributed by atoms with Gasteiger partial charge in [0.05, 0.1) is 0 Å². The van der Waals surface area contributed by atoms with Gasteiger partial charge >= 0.3 is 0 Å². The van der Waals surface area contributed by atoms with E-state index < -0.39 is 0 Å². The summed E-state index contributed by atoms with van der Waals surface area (Å²) >= 11 is 11.9. The average molecular weight is 427 g/mol. The molecule has 0 saturated carbocycles. The number of carbonyl (C=O) groups is 1. The summed E-state index contributed by atoms with van der Waals surface area (Å²) in [7, 11) is 0. The smallest absolute Gasteiger partial charge is 0.262 e. The predicted octanol–water partition coefficient (Wildman–Crippen LogP) is 6.13. The number of carbonyl (C=O) groups excluding carboxylic acids is 1. The van der Waals surface area contributed by atoms with Crippen LogP contribution in [-0.4, -0.2) is 17.5 Å². The highest BCUT2D eigenvalue weighted by atomic mass is 35.5. The van der Waals surface area contributed by atoms with E-state index >= 15 is 0 Å². The molecule has 3 aromatic carbocycles. The van der Waals surface area contributed by atoms with Crippen LogP contribution in [-0.2, 0) is 4.79 Å². The number of amides is 1. The fourth-order valence-electron chi connectivity index (χ4n) is 2.88. The Morgan fingerprint density at radius 3 is 2.62 bits per heavy atom. The molecule has 7 heteroatoms. The molecule has 0 unspecified atom stereocenters. The molecule has 1 amide bonds. The molecule has 0 fully saturated rings. The van der Waals surface area contributed by atoms with E-state index in [9.17, 15) is 4.79 Å². The fraction of sp³-hybridized carbons (Fsp3) is 0.0909. The summed E-state index contributed by atoms with van der Waals surface area (Å²) in [4.78, 5) is 16.8. The van der Waals surface area contributed by atoms with Crippen LogP contribution in [0.25, 0.3) is 22.6 Å². The van der Waals surface area contributed by atoms with E-state index in [4.69, 9.17) is 32.4 Å². The first-order valence-electron chi connectivity index (χ1n) is 8.84. The molecular weight excluding hydrogens is 411 g/mol. The number of ether oxygens (including phenoxy) is 1. The van der Waals surface area contributed by atoms with E-state index in [1.54, 1.807) is 42.5 Å². The molecule has 0 saturated heterocycles. The molecule has 0 aliphatic rings. The Morgan fingerprint density at radius 1 is 1.07 bits per heavy atom. The molecule has 0 spiro atoms. The van der Waals surface area contributed by atoms with E-state index in [0.29, 0.717) is 38.5 Å². The molecule has 0 atom stereocenters. The van der Waals surface area contributed by atoms with Crippen molar-refractivity contribution < 1.29 is 13.9 Å². The van der Waals surface area contributed by atoms with Gasteiger partial charge < -0.3 is 14.5 Å². The Morgan fingerprint density at radius 2 is 1.83 bits per heavy atom. The lowest BCUT2D eigenvalue weighted by atomic mass is 10.1. The summed E-state index contributed by atoms with van der Waals surface area (Å²) in [5.41, 5.74) is 3.61. The van der Waals surface area contributed by atoms with Gasteiger partial charge in [-0.3, -0.25) is 4.79 Å². The largest absolute Gasteiger partial charge is 0.484 e. The average Bonchev–Trinajstić information content (AvgIpc) is 3.12. The number of oxazole rings is 1. The van der Waals surface area contributed by atoms with Crippen LogP contribution in [0.1, 0.15) is 5.56 Å². The molecule has 0 radical (unpaired) electrons. The lowest BCUT2D eigenvalue weighted by molar-refractivity contribution is -0.118. The van der Waals surface area contributed by atoms with Gasteiger partial charge in [0, 0.05) is 21.3 Å². The number of hydrogen-bond donors (Lipinski definition) is 1. The topological polar surface area (TPSA) is 64.4 Å². The Bertz CT molecular complexity index is 1190. The standard InChI is InChI=1S/C22H16Cl2N2O3/c1-13-17(22-26-19-11-15(24)7-10-20(19)29-22)3-2-4-18(13)25-21(27)12-28-16-8-5-14(23)6-9-16/h2-11H,12H2,1H3,(H,25,27). The third-order valence-corrected chi connectivity index (χ3v) is 4.86. The lowest BCUT2D eigenvalue weighted by Gasteiger charge is -2.11. The Kier molecular flexibility index (Phi) is 5.43. The first-order valence-corrected chi connectivity index (χ1v) is 9.59. The molecule has 0 aliphatic heterocycles.